The number of piperazine rings is 1. The molecule has 0 bridgehead atoms. The summed E-state index contributed by atoms with van der Waals surface area (Å²) in [7, 11) is 1.62. The third-order valence-electron chi connectivity index (χ3n) is 3.16. The zero-order valence-corrected chi connectivity index (χ0v) is 12.0. The Morgan fingerprint density at radius 2 is 1.95 bits per heavy atom. The van der Waals surface area contributed by atoms with Gasteiger partial charge < -0.3 is 15.4 Å². The zero-order valence-electron chi connectivity index (χ0n) is 12.0. The number of nitrogens with two attached hydrogens (primary N) is 1. The van der Waals surface area contributed by atoms with Crippen LogP contribution in [-0.4, -0.2) is 60.2 Å². The van der Waals surface area contributed by atoms with E-state index in [4.69, 9.17) is 10.5 Å². The highest BCUT2D eigenvalue weighted by molar-refractivity contribution is 5.41. The van der Waals surface area contributed by atoms with E-state index >= 15 is 0 Å². The molecule has 1 fully saturated rings. The first-order valence-corrected chi connectivity index (χ1v) is 6.60. The van der Waals surface area contributed by atoms with Crippen LogP contribution in [0.25, 0.3) is 0 Å². The number of anilines is 1. The van der Waals surface area contributed by atoms with Gasteiger partial charge in [-0.2, -0.15) is 0 Å². The predicted molar refractivity (Wildman–Crippen MR) is 75.5 cm³/mol. The van der Waals surface area contributed by atoms with E-state index in [2.05, 4.69) is 33.6 Å². The van der Waals surface area contributed by atoms with Gasteiger partial charge in [-0.3, -0.25) is 4.90 Å². The first-order valence-electron chi connectivity index (χ1n) is 6.60. The van der Waals surface area contributed by atoms with Gasteiger partial charge in [0.05, 0.1) is 7.11 Å². The highest BCUT2D eigenvalue weighted by Gasteiger charge is 2.22. The lowest BCUT2D eigenvalue weighted by molar-refractivity contribution is 0.214. The molecule has 1 aromatic rings. The molecule has 0 unspecified atom stereocenters. The molecule has 0 aromatic carbocycles. The maximum absolute atomic E-state index is 6.06. The molecule has 0 aliphatic carbocycles. The molecule has 6 nitrogen and oxygen atoms in total. The molecule has 6 heteroatoms. The van der Waals surface area contributed by atoms with Crippen molar-refractivity contribution in [1.29, 1.82) is 0 Å². The fraction of sp³-hybridized carbons (Fsp3) is 0.692. The largest absolute Gasteiger partial charge is 0.481 e. The van der Waals surface area contributed by atoms with Crippen molar-refractivity contribution >= 4 is 5.82 Å². The fourth-order valence-corrected chi connectivity index (χ4v) is 2.33. The Morgan fingerprint density at radius 1 is 1.26 bits per heavy atom. The van der Waals surface area contributed by atoms with Gasteiger partial charge in [0.15, 0.2) is 0 Å². The lowest BCUT2D eigenvalue weighted by Gasteiger charge is -2.38. The number of hydrogen-bond acceptors (Lipinski definition) is 6. The summed E-state index contributed by atoms with van der Waals surface area (Å²) >= 11 is 0. The number of methoxy groups -OCH3 is 1. The van der Waals surface area contributed by atoms with Gasteiger partial charge in [-0.25, -0.2) is 9.97 Å². The smallest absolute Gasteiger partial charge is 0.218 e. The average Bonchev–Trinajstić information content (AvgIpc) is 2.38. The number of hydrogen-bond donors (Lipinski definition) is 1. The molecule has 0 spiro atoms. The second-order valence-corrected chi connectivity index (χ2v) is 5.67. The van der Waals surface area contributed by atoms with Crippen LogP contribution >= 0.6 is 0 Å². The van der Waals surface area contributed by atoms with Crippen LogP contribution in [0.1, 0.15) is 13.8 Å². The van der Waals surface area contributed by atoms with E-state index in [1.165, 1.54) is 0 Å². The van der Waals surface area contributed by atoms with Crippen LogP contribution in [0.4, 0.5) is 5.82 Å². The second-order valence-electron chi connectivity index (χ2n) is 5.67. The standard InChI is InChI=1S/C13H23N5O/c1-13(2,14)9-17-4-6-18(7-5-17)11-8-12(19-3)16-10-15-11/h8,10H,4-7,9,14H2,1-3H3. The SMILES string of the molecule is COc1cc(N2CCN(CC(C)(C)N)CC2)ncn1. The van der Waals surface area contributed by atoms with Crippen LogP contribution in [0.2, 0.25) is 0 Å². The van der Waals surface area contributed by atoms with Crippen LogP contribution in [0.5, 0.6) is 5.88 Å². The first kappa shape index (κ1) is 14.0. The summed E-state index contributed by atoms with van der Waals surface area (Å²) in [5.74, 6) is 1.54. The number of nitrogens with zero attached hydrogens (tertiary/aromatic N) is 4. The number of ether oxygens (including phenoxy) is 1. The summed E-state index contributed by atoms with van der Waals surface area (Å²) in [5, 5.41) is 0. The highest BCUT2D eigenvalue weighted by Crippen LogP contribution is 2.17. The van der Waals surface area contributed by atoms with Gasteiger partial charge in [-0.1, -0.05) is 0 Å². The summed E-state index contributed by atoms with van der Waals surface area (Å²) in [5.41, 5.74) is 5.92. The molecule has 1 aliphatic rings. The van der Waals surface area contributed by atoms with Crippen molar-refractivity contribution < 1.29 is 4.74 Å². The van der Waals surface area contributed by atoms with E-state index in [1.807, 2.05) is 6.07 Å². The lowest BCUT2D eigenvalue weighted by atomic mass is 10.1. The van der Waals surface area contributed by atoms with Gasteiger partial charge in [0.25, 0.3) is 0 Å². The van der Waals surface area contributed by atoms with E-state index in [0.717, 1.165) is 38.5 Å². The monoisotopic (exact) mass is 265 g/mol. The van der Waals surface area contributed by atoms with E-state index in [-0.39, 0.29) is 5.54 Å². The minimum atomic E-state index is -0.139. The topological polar surface area (TPSA) is 67.5 Å². The fourth-order valence-electron chi connectivity index (χ4n) is 2.33. The van der Waals surface area contributed by atoms with Crippen molar-refractivity contribution in [1.82, 2.24) is 14.9 Å². The van der Waals surface area contributed by atoms with Crippen molar-refractivity contribution in [3.8, 4) is 5.88 Å². The van der Waals surface area contributed by atoms with Crippen molar-refractivity contribution in [2.75, 3.05) is 44.7 Å². The van der Waals surface area contributed by atoms with Crippen molar-refractivity contribution in [3.05, 3.63) is 12.4 Å². The quantitative estimate of drug-likeness (QED) is 0.847. The number of rotatable bonds is 4. The van der Waals surface area contributed by atoms with Crippen LogP contribution in [0.15, 0.2) is 12.4 Å². The normalized spacial score (nSPS) is 17.6. The molecule has 0 amide bonds. The van der Waals surface area contributed by atoms with E-state index in [9.17, 15) is 0 Å². The maximum Gasteiger partial charge on any atom is 0.218 e. The van der Waals surface area contributed by atoms with Gasteiger partial charge in [-0.05, 0) is 13.8 Å². The molecule has 0 saturated carbocycles. The van der Waals surface area contributed by atoms with E-state index in [0.29, 0.717) is 5.88 Å². The summed E-state index contributed by atoms with van der Waals surface area (Å²) < 4.78 is 5.13. The summed E-state index contributed by atoms with van der Waals surface area (Å²) in [6.45, 7) is 8.98. The van der Waals surface area contributed by atoms with Gasteiger partial charge >= 0.3 is 0 Å². The van der Waals surface area contributed by atoms with Gasteiger partial charge in [0.2, 0.25) is 5.88 Å². The Hall–Kier alpha value is -1.40. The van der Waals surface area contributed by atoms with Crippen LogP contribution in [0.3, 0.4) is 0 Å². The van der Waals surface area contributed by atoms with Crippen molar-refractivity contribution in [2.24, 2.45) is 5.73 Å². The Kier molecular flexibility index (Phi) is 4.21. The molecular weight excluding hydrogens is 242 g/mol. The Bertz CT molecular complexity index is 410. The third kappa shape index (κ3) is 4.04. The third-order valence-corrected chi connectivity index (χ3v) is 3.16. The molecule has 0 atom stereocenters. The molecular formula is C13H23N5O. The molecule has 106 valence electrons. The minimum absolute atomic E-state index is 0.139. The molecule has 0 radical (unpaired) electrons. The van der Waals surface area contributed by atoms with Crippen LogP contribution in [-0.2, 0) is 0 Å². The summed E-state index contributed by atoms with van der Waals surface area (Å²) in [4.78, 5) is 13.0. The number of aromatic nitrogens is 2. The molecule has 2 rings (SSSR count). The Balaban J connectivity index is 1.92. The minimum Gasteiger partial charge on any atom is -0.481 e. The van der Waals surface area contributed by atoms with Gasteiger partial charge in [-0.15, -0.1) is 0 Å². The lowest BCUT2D eigenvalue weighted by Crippen LogP contribution is -2.53. The molecule has 1 aliphatic heterocycles. The van der Waals surface area contributed by atoms with E-state index < -0.39 is 0 Å². The Labute approximate surface area is 114 Å². The summed E-state index contributed by atoms with van der Waals surface area (Å²) in [6, 6.07) is 1.88. The van der Waals surface area contributed by atoms with Gasteiger partial charge in [0, 0.05) is 44.3 Å². The van der Waals surface area contributed by atoms with Crippen LogP contribution < -0.4 is 15.4 Å². The second kappa shape index (κ2) is 5.71. The van der Waals surface area contributed by atoms with Crippen molar-refractivity contribution in [3.63, 3.8) is 0 Å². The first-order chi connectivity index (χ1) is 8.98. The Morgan fingerprint density at radius 3 is 2.53 bits per heavy atom. The highest BCUT2D eigenvalue weighted by atomic mass is 16.5. The zero-order chi connectivity index (χ0) is 13.9. The van der Waals surface area contributed by atoms with Crippen LogP contribution in [0, 0.1) is 0 Å². The molecule has 2 N–H and O–H groups in total. The predicted octanol–water partition coefficient (Wildman–Crippen LogP) is 0.345. The molecule has 19 heavy (non-hydrogen) atoms. The average molecular weight is 265 g/mol. The van der Waals surface area contributed by atoms with E-state index in [1.54, 1.807) is 13.4 Å². The van der Waals surface area contributed by atoms with Gasteiger partial charge in [0.1, 0.15) is 12.1 Å². The molecule has 1 aromatic heterocycles. The molecule has 2 heterocycles. The summed E-state index contributed by atoms with van der Waals surface area (Å²) in [6.07, 6.45) is 1.55. The molecule has 1 saturated heterocycles. The van der Waals surface area contributed by atoms with Crippen molar-refractivity contribution in [2.45, 2.75) is 19.4 Å². The maximum atomic E-state index is 6.06.